The Hall–Kier alpha value is -0.650. The van der Waals surface area contributed by atoms with Crippen LogP contribution in [0.1, 0.15) is 284 Å². The van der Waals surface area contributed by atoms with Crippen LogP contribution in [0.2, 0.25) is 0 Å². The molecule has 0 aromatic carbocycles. The van der Waals surface area contributed by atoms with Crippen LogP contribution in [0, 0.1) is 0 Å². The van der Waals surface area contributed by atoms with Crippen molar-refractivity contribution in [3.8, 4) is 0 Å². The van der Waals surface area contributed by atoms with Gasteiger partial charge in [-0.05, 0) is 19.3 Å². The molecule has 0 aromatic heterocycles. The summed E-state index contributed by atoms with van der Waals surface area (Å²) in [6.45, 7) is 4.56. The lowest BCUT2D eigenvalue weighted by Crippen LogP contribution is -2.02. The molecule has 5 nitrogen and oxygen atoms in total. The van der Waals surface area contributed by atoms with Crippen molar-refractivity contribution in [3.05, 3.63) is 0 Å². The SMILES string of the molecule is CCCCCCCCCCCCCCCCCC(=O)OO.CCCCCCCCCCCCCCCCCCCCCCCCCCCC(O)O. The lowest BCUT2D eigenvalue weighted by Gasteiger charge is -2.05. The molecule has 0 radical (unpaired) electrons. The zero-order valence-corrected chi connectivity index (χ0v) is 34.9. The molecule has 0 aromatic rings. The fourth-order valence-electron chi connectivity index (χ4n) is 7.15. The minimum absolute atomic E-state index is 0.342. The summed E-state index contributed by atoms with van der Waals surface area (Å²) in [6, 6.07) is 0. The van der Waals surface area contributed by atoms with Gasteiger partial charge >= 0.3 is 5.97 Å². The summed E-state index contributed by atoms with van der Waals surface area (Å²) >= 11 is 0. The first-order valence-electron chi connectivity index (χ1n) is 23.3. The molecule has 0 fully saturated rings. The monoisotopic (exact) mass is 727 g/mol. The van der Waals surface area contributed by atoms with E-state index in [0.717, 1.165) is 25.7 Å². The fraction of sp³-hybridized carbons (Fsp3) is 0.978. The van der Waals surface area contributed by atoms with Crippen molar-refractivity contribution in [1.29, 1.82) is 0 Å². The number of rotatable bonds is 42. The summed E-state index contributed by atoms with van der Waals surface area (Å²) in [5, 5.41) is 25.7. The molecule has 0 saturated heterocycles. The van der Waals surface area contributed by atoms with Crippen molar-refractivity contribution in [2.24, 2.45) is 0 Å². The van der Waals surface area contributed by atoms with E-state index in [2.05, 4.69) is 18.7 Å². The Balaban J connectivity index is 0. The van der Waals surface area contributed by atoms with E-state index < -0.39 is 12.3 Å². The van der Waals surface area contributed by atoms with Crippen molar-refractivity contribution < 1.29 is 25.2 Å². The van der Waals surface area contributed by atoms with Crippen LogP contribution >= 0.6 is 0 Å². The Morgan fingerprint density at radius 1 is 0.353 bits per heavy atom. The third-order valence-corrected chi connectivity index (χ3v) is 10.7. The topological polar surface area (TPSA) is 87.0 Å². The van der Waals surface area contributed by atoms with Crippen molar-refractivity contribution in [3.63, 3.8) is 0 Å². The molecule has 0 unspecified atom stereocenters. The van der Waals surface area contributed by atoms with E-state index in [9.17, 15) is 4.79 Å². The van der Waals surface area contributed by atoms with Crippen LogP contribution in [0.15, 0.2) is 0 Å². The molecule has 51 heavy (non-hydrogen) atoms. The van der Waals surface area contributed by atoms with E-state index in [0.29, 0.717) is 12.8 Å². The second-order valence-corrected chi connectivity index (χ2v) is 15.9. The van der Waals surface area contributed by atoms with Gasteiger partial charge in [-0.15, -0.1) is 0 Å². The Morgan fingerprint density at radius 2 is 0.549 bits per heavy atom. The lowest BCUT2D eigenvalue weighted by atomic mass is 10.0. The number of aliphatic hydroxyl groups is 2. The maximum Gasteiger partial charge on any atom is 0.342 e. The first kappa shape index (κ1) is 52.5. The van der Waals surface area contributed by atoms with E-state index in [-0.39, 0.29) is 0 Å². The molecule has 0 atom stereocenters. The molecule has 0 aliphatic carbocycles. The van der Waals surface area contributed by atoms with Crippen LogP contribution in [0.5, 0.6) is 0 Å². The molecule has 0 aliphatic heterocycles. The predicted molar refractivity (Wildman–Crippen MR) is 222 cm³/mol. The van der Waals surface area contributed by atoms with Crippen LogP contribution in [-0.4, -0.2) is 27.7 Å². The summed E-state index contributed by atoms with van der Waals surface area (Å²) in [5.41, 5.74) is 0. The van der Waals surface area contributed by atoms with Gasteiger partial charge in [-0.2, -0.15) is 5.26 Å². The average molecular weight is 727 g/mol. The summed E-state index contributed by atoms with van der Waals surface area (Å²) in [4.78, 5) is 14.3. The lowest BCUT2D eigenvalue weighted by molar-refractivity contribution is -0.234. The van der Waals surface area contributed by atoms with Gasteiger partial charge in [0.15, 0.2) is 6.29 Å². The van der Waals surface area contributed by atoms with E-state index in [1.807, 2.05) is 0 Å². The van der Waals surface area contributed by atoms with Gasteiger partial charge in [0, 0.05) is 6.42 Å². The highest BCUT2D eigenvalue weighted by molar-refractivity contribution is 5.68. The second kappa shape index (κ2) is 49.4. The second-order valence-electron chi connectivity index (χ2n) is 15.9. The van der Waals surface area contributed by atoms with E-state index >= 15 is 0 Å². The van der Waals surface area contributed by atoms with Gasteiger partial charge in [-0.25, -0.2) is 4.79 Å². The smallest absolute Gasteiger partial charge is 0.342 e. The number of hydrogen-bond acceptors (Lipinski definition) is 5. The number of carbonyl (C=O) groups excluding carboxylic acids is 1. The van der Waals surface area contributed by atoms with Gasteiger partial charge in [0.1, 0.15) is 0 Å². The molecule has 308 valence electrons. The molecule has 5 heteroatoms. The Morgan fingerprint density at radius 3 is 0.745 bits per heavy atom. The summed E-state index contributed by atoms with van der Waals surface area (Å²) in [7, 11) is 0. The van der Waals surface area contributed by atoms with Crippen molar-refractivity contribution >= 4 is 5.97 Å². The molecular formula is C46H94O5. The molecule has 3 N–H and O–H groups in total. The normalized spacial score (nSPS) is 11.3. The third-order valence-electron chi connectivity index (χ3n) is 10.7. The number of carbonyl (C=O) groups is 1. The first-order chi connectivity index (χ1) is 25.1. The molecule has 0 amide bonds. The number of aliphatic hydroxyl groups excluding tert-OH is 1. The zero-order valence-electron chi connectivity index (χ0n) is 34.9. The third kappa shape index (κ3) is 53.8. The average Bonchev–Trinajstić information content (AvgIpc) is 3.13. The summed E-state index contributed by atoms with van der Waals surface area (Å²) in [6.07, 6.45) is 54.5. The first-order valence-corrected chi connectivity index (χ1v) is 23.3. The van der Waals surface area contributed by atoms with Crippen LogP contribution in [0.4, 0.5) is 0 Å². The van der Waals surface area contributed by atoms with Gasteiger partial charge in [0.2, 0.25) is 0 Å². The van der Waals surface area contributed by atoms with Gasteiger partial charge in [0.25, 0.3) is 0 Å². The van der Waals surface area contributed by atoms with Crippen LogP contribution in [-0.2, 0) is 9.68 Å². The zero-order chi connectivity index (χ0) is 37.6. The van der Waals surface area contributed by atoms with E-state index in [1.165, 1.54) is 231 Å². The predicted octanol–water partition coefficient (Wildman–Crippen LogP) is 15.7. The fourth-order valence-corrected chi connectivity index (χ4v) is 7.15. The molecule has 0 spiro atoms. The molecular weight excluding hydrogens is 633 g/mol. The minimum Gasteiger partial charge on any atom is -0.368 e. The highest BCUT2D eigenvalue weighted by atomic mass is 17.1. The maximum atomic E-state index is 10.7. The summed E-state index contributed by atoms with van der Waals surface area (Å²) < 4.78 is 0. The Bertz CT molecular complexity index is 610. The van der Waals surface area contributed by atoms with Crippen molar-refractivity contribution in [1.82, 2.24) is 0 Å². The Kier molecular flexibility index (Phi) is 50.8. The number of hydrogen-bond donors (Lipinski definition) is 3. The van der Waals surface area contributed by atoms with Crippen molar-refractivity contribution in [2.45, 2.75) is 290 Å². The van der Waals surface area contributed by atoms with Crippen molar-refractivity contribution in [2.75, 3.05) is 0 Å². The highest BCUT2D eigenvalue weighted by Crippen LogP contribution is 2.17. The van der Waals surface area contributed by atoms with Gasteiger partial charge in [0.05, 0.1) is 0 Å². The van der Waals surface area contributed by atoms with Gasteiger partial charge < -0.3 is 15.1 Å². The molecule has 0 heterocycles. The van der Waals surface area contributed by atoms with Crippen LogP contribution < -0.4 is 0 Å². The van der Waals surface area contributed by atoms with E-state index in [1.54, 1.807) is 0 Å². The van der Waals surface area contributed by atoms with E-state index in [4.69, 9.17) is 15.5 Å². The molecule has 0 bridgehead atoms. The molecule has 0 aliphatic rings. The molecule has 0 saturated carbocycles. The maximum absolute atomic E-state index is 10.7. The van der Waals surface area contributed by atoms with Crippen LogP contribution in [0.3, 0.4) is 0 Å². The quantitative estimate of drug-likeness (QED) is 0.0252. The Labute approximate surface area is 320 Å². The molecule has 0 rings (SSSR count). The summed E-state index contributed by atoms with van der Waals surface area (Å²) in [5.74, 6) is -0.510. The minimum atomic E-state index is -1.10. The van der Waals surface area contributed by atoms with Gasteiger partial charge in [-0.3, -0.25) is 0 Å². The van der Waals surface area contributed by atoms with Gasteiger partial charge in [-0.1, -0.05) is 258 Å². The van der Waals surface area contributed by atoms with Crippen LogP contribution in [0.25, 0.3) is 0 Å². The largest absolute Gasteiger partial charge is 0.368 e. The number of unbranched alkanes of at least 4 members (excludes halogenated alkanes) is 38. The standard InChI is InChI=1S/C28H58O2.C18H36O3/c1-2-3-4-5-6-7-8-9-10-11-12-13-14-15-16-17-18-19-20-21-22-23-24-25-26-27-28(29)30;1-2-3-4-5-6-7-8-9-10-11-12-13-14-15-16-17-18(19)21-20/h28-30H,2-27H2,1H3;20H,2-17H2,1H3. The highest BCUT2D eigenvalue weighted by Gasteiger charge is 2.01.